The fourth-order valence-corrected chi connectivity index (χ4v) is 3.39. The molecule has 0 bridgehead atoms. The van der Waals surface area contributed by atoms with E-state index < -0.39 is 25.7 Å². The Labute approximate surface area is 110 Å². The van der Waals surface area contributed by atoms with Gasteiger partial charge in [0.05, 0.1) is 0 Å². The molecule has 0 saturated heterocycles. The maximum absolute atomic E-state index is 11.9. The monoisotopic (exact) mass is 292 g/mol. The van der Waals surface area contributed by atoms with E-state index in [1.807, 2.05) is 0 Å². The molecule has 0 aliphatic heterocycles. The summed E-state index contributed by atoms with van der Waals surface area (Å²) in [6, 6.07) is 0. The van der Waals surface area contributed by atoms with Crippen LogP contribution in [0.15, 0.2) is 0 Å². The number of sulfonamides is 1. The molecule has 0 aliphatic carbocycles. The zero-order chi connectivity index (χ0) is 13.2. The predicted molar refractivity (Wildman–Crippen MR) is 57.1 cm³/mol. The Hall–Kier alpha value is 0.207. The molecule has 17 heavy (non-hydrogen) atoms. The fourth-order valence-electron chi connectivity index (χ4n) is 0.802. The van der Waals surface area contributed by atoms with E-state index in [2.05, 4.69) is 0 Å². The summed E-state index contributed by atoms with van der Waals surface area (Å²) in [5.41, 5.74) is -5.66. The van der Waals surface area contributed by atoms with Crippen LogP contribution in [0.1, 0.15) is 13.8 Å². The molecular weight excluding hydrogens is 280 g/mol. The van der Waals surface area contributed by atoms with Crippen LogP contribution < -0.4 is 4.13 Å². The number of rotatable bonds is 5. The maximum atomic E-state index is 11.9. The summed E-state index contributed by atoms with van der Waals surface area (Å²) < 4.78 is 80.4. The van der Waals surface area contributed by atoms with Crippen LogP contribution in [0.2, 0.25) is 0 Å². The summed E-state index contributed by atoms with van der Waals surface area (Å²) in [5.74, 6) is 0. The molecule has 100 valence electrons. The summed E-state index contributed by atoms with van der Waals surface area (Å²) in [6.07, 6.45) is 0. The first-order valence-corrected chi connectivity index (χ1v) is 7.00. The number of hydrogen-bond acceptors (Lipinski definition) is 4. The van der Waals surface area contributed by atoms with Crippen molar-refractivity contribution in [2.45, 2.75) is 19.4 Å². The third kappa shape index (κ3) is 5.15. The van der Waals surface area contributed by atoms with Gasteiger partial charge >= 0.3 is 34.4 Å². The summed E-state index contributed by atoms with van der Waals surface area (Å²) in [5, 5.41) is 0. The summed E-state index contributed by atoms with van der Waals surface area (Å²) in [7, 11) is -10.6. The molecule has 0 aliphatic rings. The number of halogens is 3. The summed E-state index contributed by atoms with van der Waals surface area (Å²) in [4.78, 5) is 0. The Morgan fingerprint density at radius 1 is 1.06 bits per heavy atom. The van der Waals surface area contributed by atoms with Crippen molar-refractivity contribution in [2.24, 2.45) is 0 Å². The molecule has 12 heteroatoms. The van der Waals surface area contributed by atoms with Crippen LogP contribution in [0.4, 0.5) is 13.2 Å². The van der Waals surface area contributed by atoms with Crippen molar-refractivity contribution in [1.29, 1.82) is 0 Å². The van der Waals surface area contributed by atoms with Gasteiger partial charge in [0, 0.05) is 13.1 Å². The average Bonchev–Trinajstić information content (AvgIpc) is 2.00. The third-order valence-electron chi connectivity index (χ3n) is 1.57. The van der Waals surface area contributed by atoms with E-state index >= 15 is 0 Å². The Balaban J connectivity index is 0. The third-order valence-corrected chi connectivity index (χ3v) is 5.09. The second-order valence-electron chi connectivity index (χ2n) is 2.62. The van der Waals surface area contributed by atoms with Crippen molar-refractivity contribution in [2.75, 3.05) is 13.1 Å². The van der Waals surface area contributed by atoms with Crippen molar-refractivity contribution in [3.8, 4) is 0 Å². The van der Waals surface area contributed by atoms with Crippen molar-refractivity contribution in [3.63, 3.8) is 0 Å². The van der Waals surface area contributed by atoms with Crippen LogP contribution in [0, 0.1) is 0 Å². The molecule has 0 amide bonds. The van der Waals surface area contributed by atoms with Gasteiger partial charge in [-0.1, -0.05) is 18.0 Å². The zero-order valence-electron chi connectivity index (χ0n) is 8.44. The average molecular weight is 292 g/mol. The van der Waals surface area contributed by atoms with Crippen molar-refractivity contribution in [1.82, 2.24) is 8.43 Å². The summed E-state index contributed by atoms with van der Waals surface area (Å²) in [6.45, 7) is 2.45. The van der Waals surface area contributed by atoms with Gasteiger partial charge in [-0.25, -0.2) is 8.42 Å². The Bertz CT molecular complexity index is 429. The zero-order valence-corrected chi connectivity index (χ0v) is 10.1. The minimum atomic E-state index is -5.90. The molecule has 1 N–H and O–H groups in total. The molecule has 0 fully saturated rings. The van der Waals surface area contributed by atoms with Gasteiger partial charge < -0.3 is 0 Å². The van der Waals surface area contributed by atoms with E-state index in [0.29, 0.717) is 8.43 Å². The Morgan fingerprint density at radius 2 is 1.41 bits per heavy atom. The van der Waals surface area contributed by atoms with Gasteiger partial charge in [0.2, 0.25) is 0 Å². The van der Waals surface area contributed by atoms with E-state index in [0.717, 1.165) is 0 Å². The molecule has 0 saturated carbocycles. The first-order chi connectivity index (χ1) is 6.98. The van der Waals surface area contributed by atoms with E-state index in [-0.39, 0.29) is 32.0 Å². The van der Waals surface area contributed by atoms with Gasteiger partial charge in [-0.2, -0.15) is 25.9 Å². The van der Waals surface area contributed by atoms with Crippen LogP contribution in [0.5, 0.6) is 0 Å². The van der Waals surface area contributed by atoms with Gasteiger partial charge in [0.1, 0.15) is 0 Å². The second kappa shape index (κ2) is 6.40. The molecule has 6 nitrogen and oxygen atoms in total. The van der Waals surface area contributed by atoms with Crippen LogP contribution in [0.25, 0.3) is 0 Å². The van der Waals surface area contributed by atoms with E-state index in [9.17, 15) is 30.0 Å². The predicted octanol–water partition coefficient (Wildman–Crippen LogP) is -0.636. The van der Waals surface area contributed by atoms with Crippen LogP contribution in [-0.2, 0) is 20.2 Å². The minimum absolute atomic E-state index is 0. The molecule has 0 spiro atoms. The Morgan fingerprint density at radius 3 is 1.65 bits per heavy atom. The first-order valence-electron chi connectivity index (χ1n) is 4.08. The number of nitrogens with one attached hydrogen (secondary N) is 1. The quantitative estimate of drug-likeness (QED) is 0.683. The van der Waals surface area contributed by atoms with E-state index in [1.165, 1.54) is 13.8 Å². The van der Waals surface area contributed by atoms with Gasteiger partial charge in [-0.05, 0) is 0 Å². The van der Waals surface area contributed by atoms with Gasteiger partial charge in [-0.3, -0.25) is 0 Å². The van der Waals surface area contributed by atoms with Crippen molar-refractivity contribution < 1.29 is 30.0 Å². The molecule has 0 radical (unpaired) electrons. The second-order valence-corrected chi connectivity index (χ2v) is 6.22. The number of hydrogen-bond donors (Lipinski definition) is 1. The van der Waals surface area contributed by atoms with E-state index in [1.54, 1.807) is 0 Å². The fraction of sp³-hybridized carbons (Fsp3) is 1.00. The number of alkyl halides is 3. The Kier molecular flexibility index (Phi) is 7.35. The topological polar surface area (TPSA) is 83.6 Å². The van der Waals surface area contributed by atoms with Gasteiger partial charge in [0.15, 0.2) is 0 Å². The van der Waals surface area contributed by atoms with Crippen LogP contribution >= 0.6 is 0 Å². The summed E-state index contributed by atoms with van der Waals surface area (Å²) >= 11 is 0. The number of nitrogens with zero attached hydrogens (tertiary/aromatic N) is 1. The van der Waals surface area contributed by atoms with Crippen molar-refractivity contribution >= 4 is 39.1 Å². The molecule has 0 atom stereocenters. The molecule has 0 aromatic heterocycles. The van der Waals surface area contributed by atoms with Crippen LogP contribution in [0.3, 0.4) is 0 Å². The van der Waals surface area contributed by atoms with Crippen molar-refractivity contribution in [3.05, 3.63) is 0 Å². The van der Waals surface area contributed by atoms with Crippen LogP contribution in [-0.4, -0.2) is 58.6 Å². The SMILES string of the molecule is CCN(CC)S(=O)(=O)NS(=O)(=O)C(F)(F)F.[LiH]. The molecule has 0 heterocycles. The molecule has 0 aromatic rings. The molecule has 0 rings (SSSR count). The standard InChI is InChI=1S/C5H11F3N2O4S2.Li.H/c1-3-10(4-2)16(13,14)9-15(11,12)5(6,7)8;;/h9H,3-4H2,1-2H3;;. The molecule has 0 unspecified atom stereocenters. The van der Waals surface area contributed by atoms with Gasteiger partial charge in [-0.15, -0.1) is 0 Å². The first kappa shape index (κ1) is 19.5. The normalized spacial score (nSPS) is 13.5. The van der Waals surface area contributed by atoms with Gasteiger partial charge in [0.25, 0.3) is 10.2 Å². The molecular formula is C5H12F3LiN2O4S2. The van der Waals surface area contributed by atoms with E-state index in [4.69, 9.17) is 0 Å². The molecule has 0 aromatic carbocycles.